The molecule has 8 heteroatoms. The summed E-state index contributed by atoms with van der Waals surface area (Å²) in [6.45, 7) is 1.42. The zero-order valence-corrected chi connectivity index (χ0v) is 16.0. The highest BCUT2D eigenvalue weighted by Crippen LogP contribution is 2.30. The molecule has 1 unspecified atom stereocenters. The smallest absolute Gasteiger partial charge is 0.268 e. The van der Waals surface area contributed by atoms with Crippen LogP contribution in [0.2, 0.25) is 4.34 Å². The summed E-state index contributed by atoms with van der Waals surface area (Å²) in [6.07, 6.45) is 0.385. The van der Waals surface area contributed by atoms with Crippen LogP contribution in [0.1, 0.15) is 23.0 Å². The van der Waals surface area contributed by atoms with Crippen molar-refractivity contribution in [1.82, 2.24) is 10.3 Å². The van der Waals surface area contributed by atoms with E-state index < -0.39 is 6.04 Å². The molecule has 4 rings (SSSR count). The van der Waals surface area contributed by atoms with Gasteiger partial charge in [-0.2, -0.15) is 0 Å². The number of hydrogen-bond donors (Lipinski definition) is 2. The largest absolute Gasteiger partial charge is 0.342 e. The lowest BCUT2D eigenvalue weighted by atomic mass is 9.96. The molecule has 3 heterocycles. The molecule has 0 fully saturated rings. The Kier molecular flexibility index (Phi) is 4.49. The molecule has 138 valence electrons. The molecule has 1 aliphatic rings. The summed E-state index contributed by atoms with van der Waals surface area (Å²) in [7, 11) is 0. The SMILES string of the molecule is CC(=O)CN1C(=O)C(NC(=O)c2cc3cc(Cl)sc3[nH]2)Cc2ccccc21. The van der Waals surface area contributed by atoms with Crippen molar-refractivity contribution in [3.8, 4) is 0 Å². The van der Waals surface area contributed by atoms with Crippen LogP contribution in [0.15, 0.2) is 36.4 Å². The highest BCUT2D eigenvalue weighted by atomic mass is 35.5. The summed E-state index contributed by atoms with van der Waals surface area (Å²) in [4.78, 5) is 42.4. The van der Waals surface area contributed by atoms with Crippen molar-refractivity contribution in [2.45, 2.75) is 19.4 Å². The first-order valence-corrected chi connectivity index (χ1v) is 9.59. The second kappa shape index (κ2) is 6.83. The maximum Gasteiger partial charge on any atom is 0.268 e. The minimum atomic E-state index is -0.725. The number of Topliss-reactive ketones (excluding diaryl/α,β-unsaturated/α-hetero) is 1. The monoisotopic (exact) mass is 401 g/mol. The summed E-state index contributed by atoms with van der Waals surface area (Å²) in [5.41, 5.74) is 2.01. The molecule has 6 nitrogen and oxygen atoms in total. The molecule has 0 saturated carbocycles. The van der Waals surface area contributed by atoms with Crippen molar-refractivity contribution in [2.75, 3.05) is 11.4 Å². The van der Waals surface area contributed by atoms with Gasteiger partial charge in [0.1, 0.15) is 22.3 Å². The van der Waals surface area contributed by atoms with E-state index in [0.717, 1.165) is 21.5 Å². The van der Waals surface area contributed by atoms with Gasteiger partial charge in [-0.25, -0.2) is 0 Å². The van der Waals surface area contributed by atoms with Crippen LogP contribution in [0.3, 0.4) is 0 Å². The highest BCUT2D eigenvalue weighted by molar-refractivity contribution is 7.22. The topological polar surface area (TPSA) is 82.3 Å². The third-order valence-corrected chi connectivity index (χ3v) is 5.68. The van der Waals surface area contributed by atoms with Gasteiger partial charge in [0.2, 0.25) is 5.91 Å². The summed E-state index contributed by atoms with van der Waals surface area (Å²) >= 11 is 7.31. The molecule has 1 aliphatic heterocycles. The fourth-order valence-electron chi connectivity index (χ4n) is 3.31. The molecule has 2 amide bonds. The van der Waals surface area contributed by atoms with Gasteiger partial charge in [0.15, 0.2) is 0 Å². The van der Waals surface area contributed by atoms with Crippen LogP contribution in [0.5, 0.6) is 0 Å². The number of carbonyl (C=O) groups is 3. The van der Waals surface area contributed by atoms with Gasteiger partial charge in [-0.05, 0) is 30.7 Å². The average molecular weight is 402 g/mol. The van der Waals surface area contributed by atoms with Gasteiger partial charge in [0, 0.05) is 17.5 Å². The fraction of sp³-hybridized carbons (Fsp3) is 0.211. The van der Waals surface area contributed by atoms with Gasteiger partial charge in [-0.1, -0.05) is 29.8 Å². The van der Waals surface area contributed by atoms with E-state index in [1.807, 2.05) is 24.3 Å². The molecule has 0 saturated heterocycles. The number of ketones is 1. The van der Waals surface area contributed by atoms with E-state index in [1.54, 1.807) is 12.1 Å². The van der Waals surface area contributed by atoms with Gasteiger partial charge in [-0.3, -0.25) is 14.4 Å². The Balaban J connectivity index is 1.59. The van der Waals surface area contributed by atoms with Crippen molar-refractivity contribution in [1.29, 1.82) is 0 Å². The fourth-order valence-corrected chi connectivity index (χ4v) is 4.44. The number of amides is 2. The second-order valence-corrected chi connectivity index (χ2v) is 8.19. The number of anilines is 1. The Morgan fingerprint density at radius 1 is 1.33 bits per heavy atom. The van der Waals surface area contributed by atoms with Gasteiger partial charge < -0.3 is 15.2 Å². The standard InChI is InChI=1S/C19H16ClN3O3S/c1-10(24)9-23-15-5-3-2-4-11(15)6-14(19(23)26)21-17(25)13-7-12-8-16(20)27-18(12)22-13/h2-5,7-8,14,22H,6,9H2,1H3,(H,21,25). The van der Waals surface area contributed by atoms with Gasteiger partial charge in [-0.15, -0.1) is 11.3 Å². The summed E-state index contributed by atoms with van der Waals surface area (Å²) in [5, 5.41) is 3.65. The molecule has 0 spiro atoms. The molecule has 0 aliphatic carbocycles. The molecule has 2 N–H and O–H groups in total. The number of H-pyrrole nitrogens is 1. The van der Waals surface area contributed by atoms with Crippen molar-refractivity contribution in [3.05, 3.63) is 52.0 Å². The first kappa shape index (κ1) is 17.8. The van der Waals surface area contributed by atoms with E-state index in [0.29, 0.717) is 16.5 Å². The normalized spacial score (nSPS) is 16.4. The summed E-state index contributed by atoms with van der Waals surface area (Å²) < 4.78 is 0.641. The van der Waals surface area contributed by atoms with Crippen LogP contribution in [0.25, 0.3) is 10.2 Å². The lowest BCUT2D eigenvalue weighted by Gasteiger charge is -2.33. The number of aromatic amines is 1. The number of thiophene rings is 1. The molecular formula is C19H16ClN3O3S. The number of hydrogen-bond acceptors (Lipinski definition) is 4. The van der Waals surface area contributed by atoms with Crippen molar-refractivity contribution in [3.63, 3.8) is 0 Å². The summed E-state index contributed by atoms with van der Waals surface area (Å²) in [6, 6.07) is 10.2. The van der Waals surface area contributed by atoms with E-state index in [-0.39, 0.29) is 24.1 Å². The van der Waals surface area contributed by atoms with Crippen molar-refractivity contribution >= 4 is 56.4 Å². The number of nitrogens with zero attached hydrogens (tertiary/aromatic N) is 1. The number of benzene rings is 1. The molecule has 27 heavy (non-hydrogen) atoms. The zero-order valence-electron chi connectivity index (χ0n) is 14.4. The van der Waals surface area contributed by atoms with Crippen LogP contribution >= 0.6 is 22.9 Å². The maximum absolute atomic E-state index is 12.9. The van der Waals surface area contributed by atoms with Crippen LogP contribution in [-0.2, 0) is 16.0 Å². The zero-order chi connectivity index (χ0) is 19.1. The molecular weight excluding hydrogens is 386 g/mol. The van der Waals surface area contributed by atoms with Crippen molar-refractivity contribution in [2.24, 2.45) is 0 Å². The highest BCUT2D eigenvalue weighted by Gasteiger charge is 2.34. The third kappa shape index (κ3) is 3.36. The van der Waals surface area contributed by atoms with Crippen LogP contribution in [0.4, 0.5) is 5.69 Å². The summed E-state index contributed by atoms with van der Waals surface area (Å²) in [5.74, 6) is -0.768. The van der Waals surface area contributed by atoms with Gasteiger partial charge >= 0.3 is 0 Å². The average Bonchev–Trinajstić information content (AvgIpc) is 3.15. The Morgan fingerprint density at radius 3 is 2.85 bits per heavy atom. The third-order valence-electron chi connectivity index (χ3n) is 4.48. The molecule has 0 bridgehead atoms. The minimum absolute atomic E-state index is 0.0149. The Bertz CT molecular complexity index is 1040. The molecule has 2 aromatic heterocycles. The van der Waals surface area contributed by atoms with E-state index in [2.05, 4.69) is 10.3 Å². The number of aromatic nitrogens is 1. The first-order chi connectivity index (χ1) is 12.9. The van der Waals surface area contributed by atoms with Gasteiger partial charge in [0.05, 0.1) is 10.9 Å². The van der Waals surface area contributed by atoms with E-state index in [4.69, 9.17) is 11.6 Å². The van der Waals surface area contributed by atoms with E-state index in [1.165, 1.54) is 23.2 Å². The maximum atomic E-state index is 12.9. The number of carbonyl (C=O) groups excluding carboxylic acids is 3. The molecule has 1 atom stereocenters. The number of nitrogens with one attached hydrogen (secondary N) is 2. The lowest BCUT2D eigenvalue weighted by molar-refractivity contribution is -0.123. The van der Waals surface area contributed by atoms with Crippen LogP contribution in [-0.4, -0.2) is 35.2 Å². The molecule has 3 aromatic rings. The Labute approximate surface area is 164 Å². The number of halogens is 1. The first-order valence-electron chi connectivity index (χ1n) is 8.40. The predicted molar refractivity (Wildman–Crippen MR) is 106 cm³/mol. The molecule has 1 aromatic carbocycles. The predicted octanol–water partition coefficient (Wildman–Crippen LogP) is 3.16. The quantitative estimate of drug-likeness (QED) is 0.704. The number of rotatable bonds is 4. The van der Waals surface area contributed by atoms with Crippen molar-refractivity contribution < 1.29 is 14.4 Å². The Morgan fingerprint density at radius 2 is 2.11 bits per heavy atom. The molecule has 0 radical (unpaired) electrons. The number of para-hydroxylation sites is 1. The van der Waals surface area contributed by atoms with E-state index in [9.17, 15) is 14.4 Å². The van der Waals surface area contributed by atoms with Crippen LogP contribution < -0.4 is 10.2 Å². The minimum Gasteiger partial charge on any atom is -0.342 e. The van der Waals surface area contributed by atoms with Crippen LogP contribution in [0, 0.1) is 0 Å². The second-order valence-electron chi connectivity index (χ2n) is 6.50. The number of fused-ring (bicyclic) bond motifs is 2. The lowest BCUT2D eigenvalue weighted by Crippen LogP contribution is -2.54. The Hall–Kier alpha value is -2.64. The van der Waals surface area contributed by atoms with E-state index >= 15 is 0 Å². The van der Waals surface area contributed by atoms with Gasteiger partial charge in [0.25, 0.3) is 5.91 Å².